The first-order valence-electron chi connectivity index (χ1n) is 7.45. The van der Waals surface area contributed by atoms with Crippen LogP contribution < -0.4 is 10.6 Å². The topological polar surface area (TPSA) is 41.1 Å². The van der Waals surface area contributed by atoms with Crippen LogP contribution in [0.5, 0.6) is 0 Å². The summed E-state index contributed by atoms with van der Waals surface area (Å²) in [5, 5.41) is 6.46. The molecule has 116 valence electrons. The van der Waals surface area contributed by atoms with Gasteiger partial charge >= 0.3 is 0 Å². The van der Waals surface area contributed by atoms with Crippen molar-refractivity contribution in [3.8, 4) is 0 Å². The third-order valence-corrected chi connectivity index (χ3v) is 5.19. The molecule has 1 fully saturated rings. The van der Waals surface area contributed by atoms with Gasteiger partial charge in [0.1, 0.15) is 5.82 Å². The molecular weight excluding hydrogens is 287 g/mol. The van der Waals surface area contributed by atoms with Gasteiger partial charge in [-0.2, -0.15) is 0 Å². The summed E-state index contributed by atoms with van der Waals surface area (Å²) in [6.45, 7) is 6.00. The molecule has 0 aromatic heterocycles. The summed E-state index contributed by atoms with van der Waals surface area (Å²) < 4.78 is 12.8. The van der Waals surface area contributed by atoms with E-state index in [1.165, 1.54) is 12.1 Å². The standard InChI is InChI=1S/C16H23FN2OS/c1-11-7-8-18-9-15(11)19-16(20)12(2)10-21-14-5-3-13(17)4-6-14/h3-6,11-12,15,18H,7-10H2,1-2H3,(H,19,20). The lowest BCUT2D eigenvalue weighted by Crippen LogP contribution is -2.51. The highest BCUT2D eigenvalue weighted by molar-refractivity contribution is 7.99. The summed E-state index contributed by atoms with van der Waals surface area (Å²) in [5.41, 5.74) is 0. The number of carbonyl (C=O) groups is 1. The van der Waals surface area contributed by atoms with Gasteiger partial charge in [0.05, 0.1) is 0 Å². The minimum absolute atomic E-state index is 0.0609. The predicted octanol–water partition coefficient (Wildman–Crippen LogP) is 2.67. The molecule has 1 aliphatic heterocycles. The average Bonchev–Trinajstić information content (AvgIpc) is 2.48. The van der Waals surface area contributed by atoms with E-state index in [-0.39, 0.29) is 23.7 Å². The van der Waals surface area contributed by atoms with Crippen LogP contribution >= 0.6 is 11.8 Å². The Morgan fingerprint density at radius 2 is 2.19 bits per heavy atom. The van der Waals surface area contributed by atoms with Crippen molar-refractivity contribution in [2.75, 3.05) is 18.8 Å². The van der Waals surface area contributed by atoms with Gasteiger partial charge in [0, 0.05) is 29.2 Å². The first kappa shape index (κ1) is 16.3. The monoisotopic (exact) mass is 310 g/mol. The number of thioether (sulfide) groups is 1. The summed E-state index contributed by atoms with van der Waals surface area (Å²) in [6.07, 6.45) is 1.10. The maximum absolute atomic E-state index is 12.8. The fraction of sp³-hybridized carbons (Fsp3) is 0.562. The fourth-order valence-corrected chi connectivity index (χ4v) is 3.26. The second-order valence-electron chi connectivity index (χ2n) is 5.75. The van der Waals surface area contributed by atoms with Crippen LogP contribution in [0.1, 0.15) is 20.3 Å². The van der Waals surface area contributed by atoms with Crippen molar-refractivity contribution >= 4 is 17.7 Å². The Morgan fingerprint density at radius 1 is 1.48 bits per heavy atom. The Balaban J connectivity index is 1.78. The normalized spacial score (nSPS) is 23.6. The first-order chi connectivity index (χ1) is 10.1. The molecule has 0 saturated carbocycles. The van der Waals surface area contributed by atoms with Gasteiger partial charge in [-0.25, -0.2) is 4.39 Å². The molecule has 2 rings (SSSR count). The van der Waals surface area contributed by atoms with Gasteiger partial charge in [-0.05, 0) is 43.1 Å². The zero-order chi connectivity index (χ0) is 15.2. The van der Waals surface area contributed by atoms with E-state index in [0.29, 0.717) is 11.7 Å². The summed E-state index contributed by atoms with van der Waals surface area (Å²) in [7, 11) is 0. The van der Waals surface area contributed by atoms with Gasteiger partial charge in [-0.15, -0.1) is 11.8 Å². The molecular formula is C16H23FN2OS. The third kappa shape index (κ3) is 5.00. The van der Waals surface area contributed by atoms with Crippen molar-refractivity contribution in [3.05, 3.63) is 30.1 Å². The Labute approximate surface area is 130 Å². The molecule has 3 atom stereocenters. The third-order valence-electron chi connectivity index (χ3n) is 3.92. The van der Waals surface area contributed by atoms with Crippen LogP contribution in [0.25, 0.3) is 0 Å². The number of carbonyl (C=O) groups excluding carboxylic acids is 1. The van der Waals surface area contributed by atoms with E-state index in [1.54, 1.807) is 23.9 Å². The smallest absolute Gasteiger partial charge is 0.223 e. The molecule has 0 spiro atoms. The first-order valence-corrected chi connectivity index (χ1v) is 8.44. The molecule has 3 nitrogen and oxygen atoms in total. The van der Waals surface area contributed by atoms with Crippen LogP contribution in [-0.4, -0.2) is 30.8 Å². The van der Waals surface area contributed by atoms with Crippen molar-refractivity contribution in [2.24, 2.45) is 11.8 Å². The van der Waals surface area contributed by atoms with Crippen molar-refractivity contribution in [2.45, 2.75) is 31.2 Å². The number of nitrogens with one attached hydrogen (secondary N) is 2. The highest BCUT2D eigenvalue weighted by atomic mass is 32.2. The Morgan fingerprint density at radius 3 is 2.86 bits per heavy atom. The van der Waals surface area contributed by atoms with Crippen molar-refractivity contribution < 1.29 is 9.18 Å². The molecule has 1 aromatic carbocycles. The molecule has 0 bridgehead atoms. The zero-order valence-corrected chi connectivity index (χ0v) is 13.4. The van der Waals surface area contributed by atoms with Crippen LogP contribution in [0.2, 0.25) is 0 Å². The second kappa shape index (κ2) is 7.80. The lowest BCUT2D eigenvalue weighted by molar-refractivity contribution is -0.125. The molecule has 0 radical (unpaired) electrons. The van der Waals surface area contributed by atoms with Crippen molar-refractivity contribution in [1.82, 2.24) is 10.6 Å². The SMILES string of the molecule is CC(CSc1ccc(F)cc1)C(=O)NC1CNCCC1C. The zero-order valence-electron chi connectivity index (χ0n) is 12.6. The minimum Gasteiger partial charge on any atom is -0.352 e. The number of benzene rings is 1. The highest BCUT2D eigenvalue weighted by Gasteiger charge is 2.24. The summed E-state index contributed by atoms with van der Waals surface area (Å²) in [6, 6.07) is 6.62. The lowest BCUT2D eigenvalue weighted by atomic mass is 9.94. The number of halogens is 1. The Kier molecular flexibility index (Phi) is 6.06. The quantitative estimate of drug-likeness (QED) is 0.822. The largest absolute Gasteiger partial charge is 0.352 e. The maximum Gasteiger partial charge on any atom is 0.223 e. The van der Waals surface area contributed by atoms with Gasteiger partial charge in [0.2, 0.25) is 5.91 Å². The molecule has 2 N–H and O–H groups in total. The molecule has 1 aromatic rings. The van der Waals surface area contributed by atoms with Crippen LogP contribution in [-0.2, 0) is 4.79 Å². The van der Waals surface area contributed by atoms with E-state index in [0.717, 1.165) is 24.4 Å². The summed E-state index contributed by atoms with van der Waals surface area (Å²) >= 11 is 1.59. The predicted molar refractivity (Wildman–Crippen MR) is 84.9 cm³/mol. The number of amides is 1. The molecule has 5 heteroatoms. The van der Waals surface area contributed by atoms with Crippen LogP contribution in [0.15, 0.2) is 29.2 Å². The number of hydrogen-bond donors (Lipinski definition) is 2. The van der Waals surface area contributed by atoms with E-state index in [9.17, 15) is 9.18 Å². The van der Waals surface area contributed by atoms with E-state index < -0.39 is 0 Å². The van der Waals surface area contributed by atoms with Crippen LogP contribution in [0.4, 0.5) is 4.39 Å². The number of piperidine rings is 1. The Hall–Kier alpha value is -1.07. The average molecular weight is 310 g/mol. The molecule has 0 aliphatic carbocycles. The van der Waals surface area contributed by atoms with Gasteiger partial charge < -0.3 is 10.6 Å². The second-order valence-corrected chi connectivity index (χ2v) is 6.84. The number of rotatable bonds is 5. The minimum atomic E-state index is -0.232. The molecule has 1 amide bonds. The molecule has 1 heterocycles. The maximum atomic E-state index is 12.8. The highest BCUT2D eigenvalue weighted by Crippen LogP contribution is 2.21. The van der Waals surface area contributed by atoms with E-state index in [4.69, 9.17) is 0 Å². The fourth-order valence-electron chi connectivity index (χ4n) is 2.34. The van der Waals surface area contributed by atoms with Gasteiger partial charge in [-0.1, -0.05) is 13.8 Å². The van der Waals surface area contributed by atoms with Gasteiger partial charge in [0.25, 0.3) is 0 Å². The van der Waals surface area contributed by atoms with Gasteiger partial charge in [0.15, 0.2) is 0 Å². The van der Waals surface area contributed by atoms with E-state index >= 15 is 0 Å². The molecule has 1 aliphatic rings. The number of hydrogen-bond acceptors (Lipinski definition) is 3. The van der Waals surface area contributed by atoms with E-state index in [2.05, 4.69) is 17.6 Å². The van der Waals surface area contributed by atoms with E-state index in [1.807, 2.05) is 6.92 Å². The summed E-state index contributed by atoms with van der Waals surface area (Å²) in [5.74, 6) is 1.03. The van der Waals surface area contributed by atoms with Crippen LogP contribution in [0.3, 0.4) is 0 Å². The lowest BCUT2D eigenvalue weighted by Gasteiger charge is -2.31. The molecule has 3 unspecified atom stereocenters. The van der Waals surface area contributed by atoms with Crippen LogP contribution in [0, 0.1) is 17.7 Å². The summed E-state index contributed by atoms with van der Waals surface area (Å²) in [4.78, 5) is 13.2. The molecule has 21 heavy (non-hydrogen) atoms. The molecule has 1 saturated heterocycles. The van der Waals surface area contributed by atoms with Crippen molar-refractivity contribution in [3.63, 3.8) is 0 Å². The Bertz CT molecular complexity index is 466. The van der Waals surface area contributed by atoms with Gasteiger partial charge in [-0.3, -0.25) is 4.79 Å². The van der Waals surface area contributed by atoms with Crippen molar-refractivity contribution in [1.29, 1.82) is 0 Å².